The first-order valence-electron chi connectivity index (χ1n) is 8.84. The summed E-state index contributed by atoms with van der Waals surface area (Å²) in [6.45, 7) is 4.59. The molecule has 5 N–H and O–H groups in total. The Bertz CT molecular complexity index is 942. The number of anilines is 1. The minimum atomic E-state index is -0.967. The van der Waals surface area contributed by atoms with Crippen molar-refractivity contribution < 1.29 is 37.6 Å². The molecule has 156 valence electrons. The van der Waals surface area contributed by atoms with Gasteiger partial charge >= 0.3 is 5.97 Å². The highest BCUT2D eigenvalue weighted by atomic mass is 19.1. The zero-order chi connectivity index (χ0) is 21.7. The molecule has 10 heteroatoms. The van der Waals surface area contributed by atoms with Gasteiger partial charge in [0.25, 0.3) is 11.8 Å². The standard InChI is InChI=1S/C19H21F2N3O5/c1-4-28-19(27)15-10(3)29-18(16(15)17(22)26)24-14(25)8-23-9(2)12-6-5-11(20)7-13(12)21/h5-7,9,23H,4,8H2,1-3H3,(H2,22,26)(H,24,25)/p+1/t9-/m1/s1. The van der Waals surface area contributed by atoms with Crippen LogP contribution in [0.1, 0.15) is 51.9 Å². The molecule has 29 heavy (non-hydrogen) atoms. The van der Waals surface area contributed by atoms with Crippen molar-refractivity contribution in [2.24, 2.45) is 5.73 Å². The first-order chi connectivity index (χ1) is 13.6. The van der Waals surface area contributed by atoms with Crippen LogP contribution < -0.4 is 16.4 Å². The second kappa shape index (κ2) is 9.28. The number of halogens is 2. The summed E-state index contributed by atoms with van der Waals surface area (Å²) in [4.78, 5) is 36.1. The second-order valence-corrected chi connectivity index (χ2v) is 6.26. The number of ether oxygens (including phenoxy) is 1. The minimum absolute atomic E-state index is 0.0679. The smallest absolute Gasteiger partial charge is 0.342 e. The van der Waals surface area contributed by atoms with E-state index in [1.165, 1.54) is 18.3 Å². The minimum Gasteiger partial charge on any atom is -0.462 e. The van der Waals surface area contributed by atoms with Crippen LogP contribution in [0.15, 0.2) is 22.6 Å². The third kappa shape index (κ3) is 5.17. The van der Waals surface area contributed by atoms with E-state index in [1.54, 1.807) is 13.8 Å². The lowest BCUT2D eigenvalue weighted by atomic mass is 10.1. The van der Waals surface area contributed by atoms with Crippen molar-refractivity contribution in [3.8, 4) is 0 Å². The number of carbonyl (C=O) groups excluding carboxylic acids is 3. The molecule has 1 heterocycles. The van der Waals surface area contributed by atoms with Crippen LogP contribution in [-0.2, 0) is 9.53 Å². The summed E-state index contributed by atoms with van der Waals surface area (Å²) < 4.78 is 37.0. The Balaban J connectivity index is 2.11. The van der Waals surface area contributed by atoms with Gasteiger partial charge in [0.1, 0.15) is 34.6 Å². The van der Waals surface area contributed by atoms with Crippen molar-refractivity contribution in [1.82, 2.24) is 0 Å². The number of hydrogen-bond donors (Lipinski definition) is 3. The van der Waals surface area contributed by atoms with E-state index in [4.69, 9.17) is 14.9 Å². The predicted octanol–water partition coefficient (Wildman–Crippen LogP) is 1.40. The number of amides is 2. The maximum Gasteiger partial charge on any atom is 0.342 e. The number of esters is 1. The Kier molecular flexibility index (Phi) is 7.05. The maximum absolute atomic E-state index is 13.8. The normalized spacial score (nSPS) is 11.8. The lowest BCUT2D eigenvalue weighted by Gasteiger charge is -2.12. The molecule has 0 radical (unpaired) electrons. The highest BCUT2D eigenvalue weighted by molar-refractivity contribution is 6.10. The largest absolute Gasteiger partial charge is 0.462 e. The fourth-order valence-corrected chi connectivity index (χ4v) is 2.78. The van der Waals surface area contributed by atoms with Gasteiger partial charge in [-0.15, -0.1) is 0 Å². The van der Waals surface area contributed by atoms with Crippen LogP contribution in [0.2, 0.25) is 0 Å². The molecule has 0 bridgehead atoms. The fourth-order valence-electron chi connectivity index (χ4n) is 2.78. The van der Waals surface area contributed by atoms with Gasteiger partial charge in [0, 0.05) is 11.6 Å². The number of nitrogens with one attached hydrogen (secondary N) is 1. The molecule has 2 rings (SSSR count). The zero-order valence-electron chi connectivity index (χ0n) is 16.2. The highest BCUT2D eigenvalue weighted by Gasteiger charge is 2.29. The van der Waals surface area contributed by atoms with E-state index < -0.39 is 35.5 Å². The van der Waals surface area contributed by atoms with Gasteiger partial charge in [0.15, 0.2) is 6.54 Å². The fraction of sp³-hybridized carbons (Fsp3) is 0.316. The molecule has 8 nitrogen and oxygen atoms in total. The Morgan fingerprint density at radius 1 is 1.28 bits per heavy atom. The van der Waals surface area contributed by atoms with Gasteiger partial charge in [-0.1, -0.05) is 0 Å². The Morgan fingerprint density at radius 2 is 1.97 bits per heavy atom. The van der Waals surface area contributed by atoms with Gasteiger partial charge in [-0.25, -0.2) is 13.6 Å². The van der Waals surface area contributed by atoms with Crippen LogP contribution in [0.4, 0.5) is 14.7 Å². The molecule has 0 unspecified atom stereocenters. The van der Waals surface area contributed by atoms with E-state index >= 15 is 0 Å². The number of furan rings is 1. The number of primary amides is 1. The van der Waals surface area contributed by atoms with Crippen molar-refractivity contribution in [3.63, 3.8) is 0 Å². The summed E-state index contributed by atoms with van der Waals surface area (Å²) >= 11 is 0. The number of benzene rings is 1. The third-order valence-electron chi connectivity index (χ3n) is 4.17. The van der Waals surface area contributed by atoms with Gasteiger partial charge in [0.2, 0.25) is 5.88 Å². The zero-order valence-corrected chi connectivity index (χ0v) is 16.2. The molecule has 1 atom stereocenters. The summed E-state index contributed by atoms with van der Waals surface area (Å²) in [6, 6.07) is 2.72. The van der Waals surface area contributed by atoms with Crippen LogP contribution in [0, 0.1) is 18.6 Å². The molecule has 0 aliphatic rings. The van der Waals surface area contributed by atoms with Crippen LogP contribution in [-0.4, -0.2) is 30.9 Å². The number of aryl methyl sites for hydroxylation is 1. The molecular formula is C19H22F2N3O5+. The van der Waals surface area contributed by atoms with Crippen LogP contribution in [0.5, 0.6) is 0 Å². The number of hydrogen-bond acceptors (Lipinski definition) is 5. The van der Waals surface area contributed by atoms with E-state index in [-0.39, 0.29) is 41.5 Å². The first-order valence-corrected chi connectivity index (χ1v) is 8.84. The topological polar surface area (TPSA) is 128 Å². The monoisotopic (exact) mass is 410 g/mol. The molecule has 2 aromatic rings. The molecule has 0 saturated heterocycles. The average molecular weight is 410 g/mol. The van der Waals surface area contributed by atoms with Crippen molar-refractivity contribution >= 4 is 23.7 Å². The number of nitrogens with two attached hydrogens (primary N) is 2. The van der Waals surface area contributed by atoms with E-state index in [0.29, 0.717) is 0 Å². The summed E-state index contributed by atoms with van der Waals surface area (Å²) in [5.41, 5.74) is 5.12. The van der Waals surface area contributed by atoms with Crippen molar-refractivity contribution in [3.05, 3.63) is 52.3 Å². The lowest BCUT2D eigenvalue weighted by molar-refractivity contribution is -0.682. The van der Waals surface area contributed by atoms with Crippen LogP contribution in [0.3, 0.4) is 0 Å². The molecule has 0 saturated carbocycles. The van der Waals surface area contributed by atoms with Crippen molar-refractivity contribution in [1.29, 1.82) is 0 Å². The average Bonchev–Trinajstić information content (AvgIpc) is 2.96. The molecule has 0 fully saturated rings. The third-order valence-corrected chi connectivity index (χ3v) is 4.17. The molecule has 0 aliphatic carbocycles. The highest BCUT2D eigenvalue weighted by Crippen LogP contribution is 2.27. The quantitative estimate of drug-likeness (QED) is 0.567. The maximum atomic E-state index is 13.8. The van der Waals surface area contributed by atoms with Gasteiger partial charge in [-0.2, -0.15) is 0 Å². The SMILES string of the molecule is CCOC(=O)c1c(C)oc(NC(=O)C[NH2+][C@H](C)c2ccc(F)cc2F)c1C(N)=O. The molecule has 1 aromatic carbocycles. The van der Waals surface area contributed by atoms with E-state index in [9.17, 15) is 23.2 Å². The summed E-state index contributed by atoms with van der Waals surface area (Å²) in [7, 11) is 0. The predicted molar refractivity (Wildman–Crippen MR) is 98.1 cm³/mol. The first kappa shape index (κ1) is 22.0. The molecular weight excluding hydrogens is 388 g/mol. The van der Waals surface area contributed by atoms with Crippen LogP contribution >= 0.6 is 0 Å². The van der Waals surface area contributed by atoms with E-state index in [1.807, 2.05) is 0 Å². The molecule has 2 amide bonds. The number of quaternary nitrogens is 1. The number of rotatable bonds is 8. The second-order valence-electron chi connectivity index (χ2n) is 6.26. The Morgan fingerprint density at radius 3 is 2.55 bits per heavy atom. The van der Waals surface area contributed by atoms with Gasteiger partial charge in [-0.3, -0.25) is 14.9 Å². The number of carbonyl (C=O) groups is 3. The van der Waals surface area contributed by atoms with Gasteiger partial charge in [0.05, 0.1) is 6.61 Å². The van der Waals surface area contributed by atoms with Crippen molar-refractivity contribution in [2.75, 3.05) is 18.5 Å². The lowest BCUT2D eigenvalue weighted by Crippen LogP contribution is -2.86. The Labute approximate surface area is 165 Å². The van der Waals surface area contributed by atoms with Gasteiger partial charge < -0.3 is 20.2 Å². The summed E-state index contributed by atoms with van der Waals surface area (Å²) in [5, 5.41) is 3.89. The van der Waals surface area contributed by atoms with Gasteiger partial charge in [-0.05, 0) is 32.9 Å². The molecule has 0 aliphatic heterocycles. The molecule has 1 aromatic heterocycles. The Hall–Kier alpha value is -3.27. The molecule has 0 spiro atoms. The summed E-state index contributed by atoms with van der Waals surface area (Å²) in [5.74, 6) is -3.95. The summed E-state index contributed by atoms with van der Waals surface area (Å²) in [6.07, 6.45) is 0. The van der Waals surface area contributed by atoms with Crippen LogP contribution in [0.25, 0.3) is 0 Å². The van der Waals surface area contributed by atoms with Crippen molar-refractivity contribution in [2.45, 2.75) is 26.8 Å². The van der Waals surface area contributed by atoms with E-state index in [0.717, 1.165) is 12.1 Å². The van der Waals surface area contributed by atoms with E-state index in [2.05, 4.69) is 5.32 Å².